The maximum atomic E-state index is 13.0. The average molecular weight is 195 g/mol. The SMILES string of the molecule is Cc1ccc(F)cc1C1COCCN1. The first-order valence-corrected chi connectivity index (χ1v) is 4.84. The molecule has 1 aromatic rings. The van der Waals surface area contributed by atoms with Gasteiger partial charge in [-0.15, -0.1) is 0 Å². The number of ether oxygens (including phenoxy) is 1. The second kappa shape index (κ2) is 4.07. The highest BCUT2D eigenvalue weighted by atomic mass is 19.1. The first-order chi connectivity index (χ1) is 6.77. The third-order valence-electron chi connectivity index (χ3n) is 2.54. The van der Waals surface area contributed by atoms with Crippen molar-refractivity contribution in [1.29, 1.82) is 0 Å². The van der Waals surface area contributed by atoms with Crippen molar-refractivity contribution < 1.29 is 9.13 Å². The monoisotopic (exact) mass is 195 g/mol. The van der Waals surface area contributed by atoms with Gasteiger partial charge < -0.3 is 10.1 Å². The summed E-state index contributed by atoms with van der Waals surface area (Å²) in [4.78, 5) is 0. The molecule has 1 heterocycles. The van der Waals surface area contributed by atoms with E-state index in [-0.39, 0.29) is 11.9 Å². The van der Waals surface area contributed by atoms with Crippen molar-refractivity contribution in [3.05, 3.63) is 35.1 Å². The van der Waals surface area contributed by atoms with Crippen LogP contribution in [0.5, 0.6) is 0 Å². The molecule has 0 spiro atoms. The number of hydrogen-bond acceptors (Lipinski definition) is 2. The number of hydrogen-bond donors (Lipinski definition) is 1. The number of aryl methyl sites for hydroxylation is 1. The molecule has 1 atom stereocenters. The van der Waals surface area contributed by atoms with Crippen molar-refractivity contribution in [3.63, 3.8) is 0 Å². The standard InChI is InChI=1S/C11H14FNO/c1-8-2-3-9(12)6-10(8)11-7-14-5-4-13-11/h2-3,6,11,13H,4-5,7H2,1H3. The van der Waals surface area contributed by atoms with Crippen LogP contribution in [0.3, 0.4) is 0 Å². The van der Waals surface area contributed by atoms with E-state index in [9.17, 15) is 4.39 Å². The normalized spacial score (nSPS) is 22.3. The molecule has 2 nitrogen and oxygen atoms in total. The predicted octanol–water partition coefficient (Wildman–Crippen LogP) is 1.80. The maximum absolute atomic E-state index is 13.0. The molecule has 0 amide bonds. The Kier molecular flexibility index (Phi) is 2.79. The molecule has 2 rings (SSSR count). The molecule has 1 aliphatic heterocycles. The number of morpholine rings is 1. The van der Waals surface area contributed by atoms with Gasteiger partial charge in [0.25, 0.3) is 0 Å². The highest BCUT2D eigenvalue weighted by Crippen LogP contribution is 2.20. The molecule has 0 radical (unpaired) electrons. The molecule has 3 heteroatoms. The fourth-order valence-corrected chi connectivity index (χ4v) is 1.75. The number of benzene rings is 1. The van der Waals surface area contributed by atoms with Gasteiger partial charge in [0.1, 0.15) is 5.82 Å². The van der Waals surface area contributed by atoms with E-state index in [2.05, 4.69) is 5.32 Å². The summed E-state index contributed by atoms with van der Waals surface area (Å²) in [5.41, 5.74) is 2.11. The van der Waals surface area contributed by atoms with Crippen LogP contribution in [-0.4, -0.2) is 19.8 Å². The van der Waals surface area contributed by atoms with Gasteiger partial charge in [-0.25, -0.2) is 4.39 Å². The Hall–Kier alpha value is -0.930. The fourth-order valence-electron chi connectivity index (χ4n) is 1.75. The lowest BCUT2D eigenvalue weighted by molar-refractivity contribution is 0.0766. The lowest BCUT2D eigenvalue weighted by Crippen LogP contribution is -2.35. The van der Waals surface area contributed by atoms with Crippen LogP contribution in [0, 0.1) is 12.7 Å². The summed E-state index contributed by atoms with van der Waals surface area (Å²) in [5.74, 6) is -0.182. The van der Waals surface area contributed by atoms with E-state index in [0.717, 1.165) is 24.3 Å². The Morgan fingerprint density at radius 2 is 2.36 bits per heavy atom. The molecule has 14 heavy (non-hydrogen) atoms. The minimum absolute atomic E-state index is 0.138. The van der Waals surface area contributed by atoms with Crippen LogP contribution in [0.2, 0.25) is 0 Å². The van der Waals surface area contributed by atoms with E-state index in [1.807, 2.05) is 6.92 Å². The van der Waals surface area contributed by atoms with Gasteiger partial charge in [0.15, 0.2) is 0 Å². The summed E-state index contributed by atoms with van der Waals surface area (Å²) in [6, 6.07) is 5.02. The highest BCUT2D eigenvalue weighted by molar-refractivity contribution is 5.29. The third-order valence-corrected chi connectivity index (χ3v) is 2.54. The zero-order valence-corrected chi connectivity index (χ0v) is 8.22. The van der Waals surface area contributed by atoms with Gasteiger partial charge >= 0.3 is 0 Å². The van der Waals surface area contributed by atoms with Gasteiger partial charge in [-0.05, 0) is 30.2 Å². The molecule has 1 saturated heterocycles. The van der Waals surface area contributed by atoms with Crippen molar-refractivity contribution in [2.24, 2.45) is 0 Å². The molecule has 1 fully saturated rings. The van der Waals surface area contributed by atoms with Crippen molar-refractivity contribution in [2.75, 3.05) is 19.8 Å². The quantitative estimate of drug-likeness (QED) is 0.737. The topological polar surface area (TPSA) is 21.3 Å². The molecule has 1 aromatic carbocycles. The average Bonchev–Trinajstić information content (AvgIpc) is 2.23. The van der Waals surface area contributed by atoms with Gasteiger partial charge in [-0.2, -0.15) is 0 Å². The van der Waals surface area contributed by atoms with Crippen LogP contribution in [0.1, 0.15) is 17.2 Å². The molecular weight excluding hydrogens is 181 g/mol. The Balaban J connectivity index is 2.24. The van der Waals surface area contributed by atoms with Gasteiger partial charge in [0, 0.05) is 6.54 Å². The first kappa shape index (κ1) is 9.62. The molecule has 0 aliphatic carbocycles. The van der Waals surface area contributed by atoms with Gasteiger partial charge in [-0.1, -0.05) is 6.07 Å². The zero-order chi connectivity index (χ0) is 9.97. The summed E-state index contributed by atoms with van der Waals surface area (Å²) >= 11 is 0. The van der Waals surface area contributed by atoms with Gasteiger partial charge in [0.2, 0.25) is 0 Å². The van der Waals surface area contributed by atoms with Gasteiger partial charge in [0.05, 0.1) is 19.3 Å². The Morgan fingerprint density at radius 3 is 3.07 bits per heavy atom. The van der Waals surface area contributed by atoms with Crippen LogP contribution in [-0.2, 0) is 4.74 Å². The van der Waals surface area contributed by atoms with E-state index in [1.165, 1.54) is 6.07 Å². The molecule has 0 aromatic heterocycles. The number of rotatable bonds is 1. The van der Waals surface area contributed by atoms with Crippen molar-refractivity contribution >= 4 is 0 Å². The van der Waals surface area contributed by atoms with Crippen LogP contribution in [0.4, 0.5) is 4.39 Å². The van der Waals surface area contributed by atoms with Gasteiger partial charge in [-0.3, -0.25) is 0 Å². The van der Waals surface area contributed by atoms with Crippen LogP contribution >= 0.6 is 0 Å². The lowest BCUT2D eigenvalue weighted by atomic mass is 10.0. The van der Waals surface area contributed by atoms with E-state index in [4.69, 9.17) is 4.74 Å². The molecule has 76 valence electrons. The largest absolute Gasteiger partial charge is 0.378 e. The molecule has 1 unspecified atom stereocenters. The highest BCUT2D eigenvalue weighted by Gasteiger charge is 2.17. The molecule has 0 saturated carbocycles. The van der Waals surface area contributed by atoms with E-state index < -0.39 is 0 Å². The van der Waals surface area contributed by atoms with Crippen molar-refractivity contribution in [2.45, 2.75) is 13.0 Å². The second-order valence-corrected chi connectivity index (χ2v) is 3.58. The van der Waals surface area contributed by atoms with Crippen molar-refractivity contribution in [1.82, 2.24) is 5.32 Å². The minimum Gasteiger partial charge on any atom is -0.378 e. The first-order valence-electron chi connectivity index (χ1n) is 4.84. The molecule has 1 aliphatic rings. The summed E-state index contributed by atoms with van der Waals surface area (Å²) in [5, 5.41) is 3.31. The lowest BCUT2D eigenvalue weighted by Gasteiger charge is -2.25. The Morgan fingerprint density at radius 1 is 1.50 bits per heavy atom. The molecular formula is C11H14FNO. The smallest absolute Gasteiger partial charge is 0.123 e. The maximum Gasteiger partial charge on any atom is 0.123 e. The fraction of sp³-hybridized carbons (Fsp3) is 0.455. The molecule has 1 N–H and O–H groups in total. The molecule has 0 bridgehead atoms. The number of halogens is 1. The second-order valence-electron chi connectivity index (χ2n) is 3.58. The zero-order valence-electron chi connectivity index (χ0n) is 8.22. The van der Waals surface area contributed by atoms with E-state index >= 15 is 0 Å². The van der Waals surface area contributed by atoms with Crippen LogP contribution < -0.4 is 5.32 Å². The summed E-state index contributed by atoms with van der Waals surface area (Å²) < 4.78 is 18.4. The summed E-state index contributed by atoms with van der Waals surface area (Å²) in [6.07, 6.45) is 0. The van der Waals surface area contributed by atoms with E-state index in [1.54, 1.807) is 12.1 Å². The third kappa shape index (κ3) is 1.94. The summed E-state index contributed by atoms with van der Waals surface area (Å²) in [7, 11) is 0. The Bertz CT molecular complexity index is 321. The summed E-state index contributed by atoms with van der Waals surface area (Å²) in [6.45, 7) is 4.20. The van der Waals surface area contributed by atoms with Crippen LogP contribution in [0.25, 0.3) is 0 Å². The van der Waals surface area contributed by atoms with Crippen molar-refractivity contribution in [3.8, 4) is 0 Å². The minimum atomic E-state index is -0.182. The van der Waals surface area contributed by atoms with Crippen LogP contribution in [0.15, 0.2) is 18.2 Å². The Labute approximate surface area is 83.1 Å². The van der Waals surface area contributed by atoms with E-state index in [0.29, 0.717) is 6.61 Å². The predicted molar refractivity (Wildman–Crippen MR) is 52.7 cm³/mol. The number of nitrogens with one attached hydrogen (secondary N) is 1.